The zero-order valence-corrected chi connectivity index (χ0v) is 13.7. The maximum atomic E-state index is 10.9. The van der Waals surface area contributed by atoms with Crippen LogP contribution in [0.25, 0.3) is 0 Å². The quantitative estimate of drug-likeness (QED) is 0.164. The Morgan fingerprint density at radius 3 is 2.36 bits per heavy atom. The summed E-state index contributed by atoms with van der Waals surface area (Å²) in [6.45, 7) is 2.13. The summed E-state index contributed by atoms with van der Waals surface area (Å²) in [6, 6.07) is -0.871. The fourth-order valence-corrected chi connectivity index (χ4v) is 2.03. The molecule has 0 rings (SSSR count). The summed E-state index contributed by atoms with van der Waals surface area (Å²) < 4.78 is 0. The summed E-state index contributed by atoms with van der Waals surface area (Å²) in [5, 5.41) is 10.9. The minimum atomic E-state index is -0.871. The second kappa shape index (κ2) is 15.8. The van der Waals surface area contributed by atoms with E-state index in [2.05, 4.69) is 18.8 Å². The Morgan fingerprint density at radius 2 is 1.73 bits per heavy atom. The van der Waals surface area contributed by atoms with Crippen molar-refractivity contribution in [2.75, 3.05) is 0 Å². The second-order valence-corrected chi connectivity index (χ2v) is 5.39. The van der Waals surface area contributed by atoms with Crippen molar-refractivity contribution >= 4 is 6.29 Å². The van der Waals surface area contributed by atoms with Gasteiger partial charge >= 0.3 is 0 Å². The number of unbranched alkanes of at least 4 members (excludes halogenated alkanes) is 9. The molecule has 0 aliphatic rings. The summed E-state index contributed by atoms with van der Waals surface area (Å²) in [5.74, 6) is 5.65. The third kappa shape index (κ3) is 13.4. The monoisotopic (exact) mass is 306 g/mol. The maximum Gasteiger partial charge on any atom is 0.290 e. The van der Waals surface area contributed by atoms with E-state index in [1.165, 1.54) is 0 Å². The van der Waals surface area contributed by atoms with Crippen molar-refractivity contribution in [1.82, 2.24) is 0 Å². The zero-order chi connectivity index (χ0) is 16.5. The SMILES string of the molecule is CCCCCC=CC(C#CCCCCCCC[C]=O)[N+](=O)[O-]. The average molecular weight is 306 g/mol. The molecule has 0 aliphatic carbocycles. The van der Waals surface area contributed by atoms with Crippen LogP contribution in [0.5, 0.6) is 0 Å². The van der Waals surface area contributed by atoms with Crippen LogP contribution < -0.4 is 0 Å². The van der Waals surface area contributed by atoms with Crippen molar-refractivity contribution in [3.05, 3.63) is 22.3 Å². The minimum absolute atomic E-state index is 0.334. The van der Waals surface area contributed by atoms with Crippen molar-refractivity contribution in [3.8, 4) is 11.8 Å². The molecular formula is C18H28NO3. The number of allylic oxidation sites excluding steroid dienone is 1. The fourth-order valence-electron chi connectivity index (χ4n) is 2.03. The molecule has 123 valence electrons. The number of carbonyl (C=O) groups excluding carboxylic acids is 1. The van der Waals surface area contributed by atoms with E-state index in [-0.39, 0.29) is 4.92 Å². The van der Waals surface area contributed by atoms with Crippen molar-refractivity contribution in [2.45, 2.75) is 83.6 Å². The molecule has 0 aromatic rings. The van der Waals surface area contributed by atoms with E-state index >= 15 is 0 Å². The number of nitrogens with zero attached hydrogens (tertiary/aromatic N) is 1. The topological polar surface area (TPSA) is 60.2 Å². The van der Waals surface area contributed by atoms with Gasteiger partial charge < -0.3 is 0 Å². The minimum Gasteiger partial charge on any atom is -0.291 e. The second-order valence-electron chi connectivity index (χ2n) is 5.39. The first-order valence-corrected chi connectivity index (χ1v) is 8.36. The largest absolute Gasteiger partial charge is 0.291 e. The van der Waals surface area contributed by atoms with E-state index in [0.29, 0.717) is 12.8 Å². The Balaban J connectivity index is 3.84. The third-order valence-electron chi connectivity index (χ3n) is 3.35. The van der Waals surface area contributed by atoms with Crippen LogP contribution >= 0.6 is 0 Å². The predicted octanol–water partition coefficient (Wildman–Crippen LogP) is 4.61. The van der Waals surface area contributed by atoms with E-state index in [9.17, 15) is 14.9 Å². The zero-order valence-electron chi connectivity index (χ0n) is 13.7. The third-order valence-corrected chi connectivity index (χ3v) is 3.35. The van der Waals surface area contributed by atoms with Crippen LogP contribution in [0.1, 0.15) is 77.6 Å². The van der Waals surface area contributed by atoms with Gasteiger partial charge in [-0.25, -0.2) is 0 Å². The summed E-state index contributed by atoms with van der Waals surface area (Å²) in [6.07, 6.45) is 15.9. The Hall–Kier alpha value is -1.63. The normalized spacial score (nSPS) is 11.9. The molecule has 4 heteroatoms. The van der Waals surface area contributed by atoms with Gasteiger partial charge in [-0.2, -0.15) is 0 Å². The van der Waals surface area contributed by atoms with Crippen LogP contribution in [-0.2, 0) is 4.79 Å². The molecule has 0 saturated carbocycles. The summed E-state index contributed by atoms with van der Waals surface area (Å²) >= 11 is 0. The molecule has 0 aromatic carbocycles. The van der Waals surface area contributed by atoms with Gasteiger partial charge in [0.1, 0.15) is 0 Å². The summed E-state index contributed by atoms with van der Waals surface area (Å²) in [7, 11) is 0. The summed E-state index contributed by atoms with van der Waals surface area (Å²) in [4.78, 5) is 20.6. The molecule has 1 unspecified atom stereocenters. The van der Waals surface area contributed by atoms with E-state index in [1.54, 1.807) is 6.08 Å². The molecule has 4 nitrogen and oxygen atoms in total. The van der Waals surface area contributed by atoms with E-state index < -0.39 is 6.04 Å². The van der Waals surface area contributed by atoms with Crippen LogP contribution in [0.3, 0.4) is 0 Å². The van der Waals surface area contributed by atoms with Gasteiger partial charge in [-0.15, -0.1) is 0 Å². The molecule has 0 heterocycles. The lowest BCUT2D eigenvalue weighted by molar-refractivity contribution is -0.493. The van der Waals surface area contributed by atoms with Gasteiger partial charge in [-0.05, 0) is 37.7 Å². The Kier molecular flexibility index (Phi) is 14.6. The molecule has 0 aliphatic heterocycles. The standard InChI is InChI=1S/C18H28NO3/c1-2-3-4-9-12-15-18(19(21)22)16-13-10-7-5-6-8-11-14-17-20/h12,15,18H,2-11,14H2,1H3. The molecule has 0 spiro atoms. The van der Waals surface area contributed by atoms with Crippen LogP contribution in [-0.4, -0.2) is 17.3 Å². The molecule has 0 bridgehead atoms. The molecule has 0 aromatic heterocycles. The van der Waals surface area contributed by atoms with Crippen molar-refractivity contribution in [1.29, 1.82) is 0 Å². The van der Waals surface area contributed by atoms with Crippen molar-refractivity contribution in [3.63, 3.8) is 0 Å². The van der Waals surface area contributed by atoms with E-state index in [0.717, 1.165) is 57.8 Å². The molecule has 1 atom stereocenters. The number of hydrogen-bond acceptors (Lipinski definition) is 3. The Labute approximate surface area is 134 Å². The van der Waals surface area contributed by atoms with Gasteiger partial charge in [0.15, 0.2) is 6.29 Å². The lowest BCUT2D eigenvalue weighted by atomic mass is 10.1. The first kappa shape index (κ1) is 20.4. The molecule has 0 amide bonds. The van der Waals surface area contributed by atoms with E-state index in [1.807, 2.05) is 12.4 Å². The van der Waals surface area contributed by atoms with Gasteiger partial charge in [-0.3, -0.25) is 14.9 Å². The van der Waals surface area contributed by atoms with Gasteiger partial charge in [0, 0.05) is 17.8 Å². The van der Waals surface area contributed by atoms with Crippen molar-refractivity contribution in [2.24, 2.45) is 0 Å². The van der Waals surface area contributed by atoms with Gasteiger partial charge in [0.2, 0.25) is 0 Å². The predicted molar refractivity (Wildman–Crippen MR) is 89.9 cm³/mol. The first-order valence-electron chi connectivity index (χ1n) is 8.36. The van der Waals surface area contributed by atoms with Gasteiger partial charge in [0.25, 0.3) is 6.04 Å². The Morgan fingerprint density at radius 1 is 1.05 bits per heavy atom. The maximum absolute atomic E-state index is 10.9. The highest BCUT2D eigenvalue weighted by Gasteiger charge is 2.10. The van der Waals surface area contributed by atoms with Gasteiger partial charge in [0.05, 0.1) is 0 Å². The molecule has 0 saturated heterocycles. The fraction of sp³-hybridized carbons (Fsp3) is 0.722. The first-order chi connectivity index (χ1) is 10.7. The molecular weight excluding hydrogens is 278 g/mol. The molecule has 1 radical (unpaired) electrons. The average Bonchev–Trinajstić information content (AvgIpc) is 2.50. The highest BCUT2D eigenvalue weighted by molar-refractivity contribution is 5.50. The van der Waals surface area contributed by atoms with Crippen molar-refractivity contribution < 1.29 is 9.72 Å². The van der Waals surface area contributed by atoms with Crippen LogP contribution in [0, 0.1) is 22.0 Å². The molecule has 22 heavy (non-hydrogen) atoms. The highest BCUT2D eigenvalue weighted by Crippen LogP contribution is 2.06. The van der Waals surface area contributed by atoms with Crippen LogP contribution in [0.2, 0.25) is 0 Å². The lowest BCUT2D eigenvalue weighted by Crippen LogP contribution is -2.13. The summed E-state index contributed by atoms with van der Waals surface area (Å²) in [5.41, 5.74) is 0. The lowest BCUT2D eigenvalue weighted by Gasteiger charge is -1.97. The highest BCUT2D eigenvalue weighted by atomic mass is 16.6. The molecule has 0 fully saturated rings. The number of nitro groups is 1. The van der Waals surface area contributed by atoms with E-state index in [4.69, 9.17) is 0 Å². The van der Waals surface area contributed by atoms with Crippen LogP contribution in [0.4, 0.5) is 0 Å². The Bertz CT molecular complexity index is 380. The molecule has 0 N–H and O–H groups in total. The number of rotatable bonds is 13. The van der Waals surface area contributed by atoms with Crippen LogP contribution in [0.15, 0.2) is 12.2 Å². The smallest absolute Gasteiger partial charge is 0.290 e. The number of hydrogen-bond donors (Lipinski definition) is 0. The van der Waals surface area contributed by atoms with Gasteiger partial charge in [-0.1, -0.05) is 51.0 Å².